The normalized spacial score (nSPS) is 17.7. The molecule has 1 aliphatic heterocycles. The molecule has 1 atom stereocenters. The monoisotopic (exact) mass is 300 g/mol. The fourth-order valence-corrected chi connectivity index (χ4v) is 2.66. The lowest BCUT2D eigenvalue weighted by Gasteiger charge is -2.18. The van der Waals surface area contributed by atoms with Crippen molar-refractivity contribution in [3.63, 3.8) is 0 Å². The molecule has 116 valence electrons. The van der Waals surface area contributed by atoms with E-state index in [4.69, 9.17) is 9.15 Å². The third-order valence-electron chi connectivity index (χ3n) is 3.98. The Hall–Kier alpha value is -2.27. The van der Waals surface area contributed by atoms with Crippen LogP contribution in [-0.2, 0) is 11.3 Å². The third kappa shape index (κ3) is 3.31. The van der Waals surface area contributed by atoms with E-state index >= 15 is 0 Å². The molecule has 2 aromatic rings. The maximum atomic E-state index is 12.1. The average molecular weight is 300 g/mol. The van der Waals surface area contributed by atoms with Crippen LogP contribution in [0.4, 0.5) is 5.69 Å². The number of hydrogen-bond donors (Lipinski definition) is 1. The Morgan fingerprint density at radius 1 is 1.36 bits per heavy atom. The Kier molecular flexibility index (Phi) is 4.44. The van der Waals surface area contributed by atoms with E-state index in [-0.39, 0.29) is 5.91 Å². The van der Waals surface area contributed by atoms with Crippen LogP contribution < -0.4 is 10.2 Å². The van der Waals surface area contributed by atoms with Gasteiger partial charge in [-0.05, 0) is 42.8 Å². The van der Waals surface area contributed by atoms with Crippen LogP contribution in [0.2, 0.25) is 0 Å². The summed E-state index contributed by atoms with van der Waals surface area (Å²) in [7, 11) is 1.75. The van der Waals surface area contributed by atoms with Gasteiger partial charge in [0.25, 0.3) is 5.91 Å². The molecule has 1 aromatic carbocycles. The van der Waals surface area contributed by atoms with E-state index in [1.807, 2.05) is 30.3 Å². The molecule has 1 amide bonds. The number of carbonyl (C=O) groups excluding carboxylic acids is 1. The number of anilines is 1. The summed E-state index contributed by atoms with van der Waals surface area (Å²) in [6, 6.07) is 11.3. The van der Waals surface area contributed by atoms with Gasteiger partial charge in [0.2, 0.25) is 0 Å². The van der Waals surface area contributed by atoms with Gasteiger partial charge in [0.05, 0.1) is 18.9 Å². The van der Waals surface area contributed by atoms with Gasteiger partial charge in [-0.25, -0.2) is 0 Å². The number of hydrogen-bond acceptors (Lipinski definition) is 4. The molecule has 5 heteroatoms. The molecule has 0 saturated carbocycles. The minimum absolute atomic E-state index is 0.0980. The quantitative estimate of drug-likeness (QED) is 0.921. The summed E-state index contributed by atoms with van der Waals surface area (Å²) in [5, 5.41) is 2.84. The lowest BCUT2D eigenvalue weighted by molar-refractivity contribution is 0.0948. The van der Waals surface area contributed by atoms with E-state index in [0.29, 0.717) is 18.2 Å². The van der Waals surface area contributed by atoms with E-state index in [1.165, 1.54) is 0 Å². The Bertz CT molecular complexity index is 607. The van der Waals surface area contributed by atoms with E-state index in [1.54, 1.807) is 19.4 Å². The van der Waals surface area contributed by atoms with Crippen LogP contribution in [0.5, 0.6) is 0 Å². The first kappa shape index (κ1) is 14.7. The molecule has 1 fully saturated rings. The number of benzene rings is 1. The van der Waals surface area contributed by atoms with Crippen LogP contribution in [0, 0.1) is 0 Å². The van der Waals surface area contributed by atoms with Crippen molar-refractivity contribution in [3.8, 4) is 0 Å². The number of carbonyl (C=O) groups is 1. The number of nitrogens with zero attached hydrogens (tertiary/aromatic N) is 1. The average Bonchev–Trinajstić information content (AvgIpc) is 3.24. The predicted molar refractivity (Wildman–Crippen MR) is 83.9 cm³/mol. The standard InChI is InChI=1S/C17H20N2O3/c1-21-16-8-9-19(12-16)14-6-4-13(5-7-14)17(20)18-11-15-3-2-10-22-15/h2-7,10,16H,8-9,11-12H2,1H3,(H,18,20)/t16-/m1/s1. The van der Waals surface area contributed by atoms with Gasteiger partial charge in [0.1, 0.15) is 5.76 Å². The number of methoxy groups -OCH3 is 1. The van der Waals surface area contributed by atoms with Gasteiger partial charge in [0.15, 0.2) is 0 Å². The molecule has 0 aliphatic carbocycles. The molecule has 0 unspecified atom stereocenters. The largest absolute Gasteiger partial charge is 0.467 e. The number of nitrogens with one attached hydrogen (secondary N) is 1. The maximum absolute atomic E-state index is 12.1. The molecule has 1 aliphatic rings. The summed E-state index contributed by atoms with van der Waals surface area (Å²) < 4.78 is 10.6. The summed E-state index contributed by atoms with van der Waals surface area (Å²) in [5.41, 5.74) is 1.78. The second-order valence-electron chi connectivity index (χ2n) is 5.40. The molecule has 1 aromatic heterocycles. The molecular weight excluding hydrogens is 280 g/mol. The van der Waals surface area contributed by atoms with Crippen LogP contribution in [0.1, 0.15) is 22.5 Å². The van der Waals surface area contributed by atoms with Crippen LogP contribution in [0.15, 0.2) is 47.1 Å². The first-order valence-corrected chi connectivity index (χ1v) is 7.44. The first-order valence-electron chi connectivity index (χ1n) is 7.44. The molecular formula is C17H20N2O3. The minimum atomic E-state index is -0.0980. The van der Waals surface area contributed by atoms with Gasteiger partial charge >= 0.3 is 0 Å². The van der Waals surface area contributed by atoms with E-state index < -0.39 is 0 Å². The van der Waals surface area contributed by atoms with Crippen molar-refractivity contribution < 1.29 is 13.9 Å². The fraction of sp³-hybridized carbons (Fsp3) is 0.353. The van der Waals surface area contributed by atoms with Crippen LogP contribution in [0.25, 0.3) is 0 Å². The zero-order chi connectivity index (χ0) is 15.4. The molecule has 1 saturated heterocycles. The number of ether oxygens (including phenoxy) is 1. The topological polar surface area (TPSA) is 54.7 Å². The fourth-order valence-electron chi connectivity index (χ4n) is 2.66. The molecule has 0 radical (unpaired) electrons. The summed E-state index contributed by atoms with van der Waals surface area (Å²) in [4.78, 5) is 14.4. The zero-order valence-electron chi connectivity index (χ0n) is 12.6. The SMILES string of the molecule is CO[C@@H]1CCN(c2ccc(C(=O)NCc3ccco3)cc2)C1. The van der Waals surface area contributed by atoms with Gasteiger partial charge in [-0.15, -0.1) is 0 Å². The highest BCUT2D eigenvalue weighted by atomic mass is 16.5. The van der Waals surface area contributed by atoms with Gasteiger partial charge in [-0.3, -0.25) is 4.79 Å². The Morgan fingerprint density at radius 2 is 2.18 bits per heavy atom. The number of furan rings is 1. The summed E-state index contributed by atoms with van der Waals surface area (Å²) in [6.45, 7) is 2.29. The molecule has 3 rings (SSSR count). The van der Waals surface area contributed by atoms with Gasteiger partial charge in [0, 0.05) is 31.5 Å². The summed E-state index contributed by atoms with van der Waals surface area (Å²) in [6.07, 6.45) is 2.94. The van der Waals surface area contributed by atoms with Crippen molar-refractivity contribution in [3.05, 3.63) is 54.0 Å². The van der Waals surface area contributed by atoms with Crippen LogP contribution >= 0.6 is 0 Å². The highest BCUT2D eigenvalue weighted by molar-refractivity contribution is 5.94. The smallest absolute Gasteiger partial charge is 0.251 e. The molecule has 0 bridgehead atoms. The molecule has 1 N–H and O–H groups in total. The summed E-state index contributed by atoms with van der Waals surface area (Å²) >= 11 is 0. The molecule has 5 nitrogen and oxygen atoms in total. The highest BCUT2D eigenvalue weighted by Crippen LogP contribution is 2.22. The van der Waals surface area contributed by atoms with Crippen molar-refractivity contribution in [2.45, 2.75) is 19.1 Å². The van der Waals surface area contributed by atoms with Crippen LogP contribution in [0.3, 0.4) is 0 Å². The molecule has 22 heavy (non-hydrogen) atoms. The van der Waals surface area contributed by atoms with Crippen molar-refractivity contribution in [1.29, 1.82) is 0 Å². The van der Waals surface area contributed by atoms with Crippen molar-refractivity contribution >= 4 is 11.6 Å². The van der Waals surface area contributed by atoms with Gasteiger partial charge in [-0.1, -0.05) is 0 Å². The van der Waals surface area contributed by atoms with E-state index in [0.717, 1.165) is 31.0 Å². The highest BCUT2D eigenvalue weighted by Gasteiger charge is 2.22. The minimum Gasteiger partial charge on any atom is -0.467 e. The zero-order valence-corrected chi connectivity index (χ0v) is 12.6. The van der Waals surface area contributed by atoms with Crippen molar-refractivity contribution in [1.82, 2.24) is 5.32 Å². The first-order chi connectivity index (χ1) is 10.8. The lowest BCUT2D eigenvalue weighted by atomic mass is 10.2. The van der Waals surface area contributed by atoms with Crippen molar-refractivity contribution in [2.24, 2.45) is 0 Å². The number of amides is 1. The Labute approximate surface area is 129 Å². The number of rotatable bonds is 5. The second kappa shape index (κ2) is 6.66. The lowest BCUT2D eigenvalue weighted by Crippen LogP contribution is -2.24. The van der Waals surface area contributed by atoms with Gasteiger partial charge in [-0.2, -0.15) is 0 Å². The Morgan fingerprint density at radius 3 is 2.82 bits per heavy atom. The molecule has 0 spiro atoms. The van der Waals surface area contributed by atoms with Gasteiger partial charge < -0.3 is 19.4 Å². The predicted octanol–water partition coefficient (Wildman–Crippen LogP) is 2.43. The third-order valence-corrected chi connectivity index (χ3v) is 3.98. The van der Waals surface area contributed by atoms with Crippen molar-refractivity contribution in [2.75, 3.05) is 25.1 Å². The van der Waals surface area contributed by atoms with E-state index in [9.17, 15) is 4.79 Å². The second-order valence-corrected chi connectivity index (χ2v) is 5.40. The molecule has 2 heterocycles. The summed E-state index contributed by atoms with van der Waals surface area (Å²) in [5.74, 6) is 0.645. The van der Waals surface area contributed by atoms with Crippen LogP contribution in [-0.4, -0.2) is 32.2 Å². The Balaban J connectivity index is 1.58. The maximum Gasteiger partial charge on any atom is 0.251 e. The van der Waals surface area contributed by atoms with E-state index in [2.05, 4.69) is 10.2 Å².